The number of ketones is 1. The first-order valence-electron chi connectivity index (χ1n) is 9.64. The highest BCUT2D eigenvalue weighted by atomic mass is 35.5. The molecule has 2 aromatic carbocycles. The number of hydrogen-bond donors (Lipinski definition) is 0. The first-order chi connectivity index (χ1) is 13.2. The van der Waals surface area contributed by atoms with Crippen LogP contribution in [0.15, 0.2) is 42.5 Å². The van der Waals surface area contributed by atoms with Crippen molar-refractivity contribution >= 4 is 17.4 Å². The van der Waals surface area contributed by atoms with Gasteiger partial charge < -0.3 is 0 Å². The molecule has 0 unspecified atom stereocenters. The third-order valence-corrected chi connectivity index (χ3v) is 5.11. The van der Waals surface area contributed by atoms with E-state index in [0.717, 1.165) is 23.1 Å². The molecule has 5 heteroatoms. The molecule has 0 heterocycles. The highest BCUT2D eigenvalue weighted by Gasteiger charge is 2.38. The van der Waals surface area contributed by atoms with Crippen LogP contribution >= 0.6 is 11.6 Å². The van der Waals surface area contributed by atoms with E-state index in [1.54, 1.807) is 13.8 Å². The standard InChI is InChI=1S/C24H28ClF3O/c1-22(2,3)13-17-8-11-19(20(25)12-17)18-9-6-16(7-10-18)14-23(4,5)21(29)15-24(26,27)28/h6-12H,13-15H2,1-5H3. The Labute approximate surface area is 176 Å². The molecular weight excluding hydrogens is 397 g/mol. The fraction of sp³-hybridized carbons (Fsp3) is 0.458. The topological polar surface area (TPSA) is 17.1 Å². The molecule has 29 heavy (non-hydrogen) atoms. The van der Waals surface area contributed by atoms with Crippen LogP contribution in [0.4, 0.5) is 13.2 Å². The number of carbonyl (C=O) groups is 1. The van der Waals surface area contributed by atoms with Gasteiger partial charge in [-0.25, -0.2) is 0 Å². The van der Waals surface area contributed by atoms with Crippen LogP contribution in [-0.4, -0.2) is 12.0 Å². The fourth-order valence-electron chi connectivity index (χ4n) is 3.35. The molecule has 0 aromatic heterocycles. The molecule has 0 saturated heterocycles. The second kappa shape index (κ2) is 8.51. The molecular formula is C24H28ClF3O. The zero-order valence-electron chi connectivity index (χ0n) is 17.6. The number of halogens is 4. The minimum Gasteiger partial charge on any atom is -0.299 e. The summed E-state index contributed by atoms with van der Waals surface area (Å²) in [4.78, 5) is 12.0. The smallest absolute Gasteiger partial charge is 0.299 e. The zero-order valence-corrected chi connectivity index (χ0v) is 18.3. The van der Waals surface area contributed by atoms with E-state index in [4.69, 9.17) is 11.6 Å². The number of benzene rings is 2. The minimum atomic E-state index is -4.48. The number of alkyl halides is 3. The van der Waals surface area contributed by atoms with Gasteiger partial charge >= 0.3 is 6.18 Å². The van der Waals surface area contributed by atoms with Gasteiger partial charge in [0.25, 0.3) is 0 Å². The van der Waals surface area contributed by atoms with E-state index in [0.29, 0.717) is 5.02 Å². The number of Topliss-reactive ketones (excluding diaryl/α,β-unsaturated/α-hetero) is 1. The van der Waals surface area contributed by atoms with Gasteiger partial charge in [-0.05, 0) is 41.0 Å². The normalized spacial score (nSPS) is 12.9. The Morgan fingerprint density at radius 2 is 1.41 bits per heavy atom. The van der Waals surface area contributed by atoms with E-state index < -0.39 is 23.8 Å². The van der Waals surface area contributed by atoms with Crippen molar-refractivity contribution in [1.29, 1.82) is 0 Å². The largest absolute Gasteiger partial charge is 0.395 e. The van der Waals surface area contributed by atoms with E-state index in [9.17, 15) is 18.0 Å². The Hall–Kier alpha value is -1.81. The van der Waals surface area contributed by atoms with Crippen LogP contribution in [0.5, 0.6) is 0 Å². The Balaban J connectivity index is 2.15. The van der Waals surface area contributed by atoms with E-state index >= 15 is 0 Å². The van der Waals surface area contributed by atoms with E-state index in [2.05, 4.69) is 26.8 Å². The summed E-state index contributed by atoms with van der Waals surface area (Å²) in [6.45, 7) is 9.64. The predicted molar refractivity (Wildman–Crippen MR) is 113 cm³/mol. The molecule has 0 bridgehead atoms. The van der Waals surface area contributed by atoms with Crippen molar-refractivity contribution in [3.05, 3.63) is 58.6 Å². The Kier molecular flexibility index (Phi) is 6.89. The van der Waals surface area contributed by atoms with Gasteiger partial charge in [-0.2, -0.15) is 13.2 Å². The van der Waals surface area contributed by atoms with Crippen molar-refractivity contribution in [2.45, 2.75) is 60.1 Å². The van der Waals surface area contributed by atoms with Crippen LogP contribution < -0.4 is 0 Å². The Morgan fingerprint density at radius 3 is 1.90 bits per heavy atom. The molecule has 0 spiro atoms. The van der Waals surface area contributed by atoms with Gasteiger partial charge in [0.05, 0.1) is 0 Å². The van der Waals surface area contributed by atoms with Gasteiger partial charge in [-0.15, -0.1) is 0 Å². The quantitative estimate of drug-likeness (QED) is 0.464. The monoisotopic (exact) mass is 424 g/mol. The second-order valence-electron chi connectivity index (χ2n) is 9.52. The van der Waals surface area contributed by atoms with Crippen LogP contribution in [0.25, 0.3) is 11.1 Å². The van der Waals surface area contributed by atoms with Crippen LogP contribution in [-0.2, 0) is 17.6 Å². The predicted octanol–water partition coefficient (Wildman–Crippen LogP) is 7.69. The summed E-state index contributed by atoms with van der Waals surface area (Å²) in [5, 5.41) is 0.667. The third kappa shape index (κ3) is 7.18. The average molecular weight is 425 g/mol. The average Bonchev–Trinajstić information content (AvgIpc) is 2.52. The summed E-state index contributed by atoms with van der Waals surface area (Å²) in [6.07, 6.45) is -4.70. The van der Waals surface area contributed by atoms with Gasteiger partial charge in [0.1, 0.15) is 12.2 Å². The molecule has 158 valence electrons. The van der Waals surface area contributed by atoms with Crippen molar-refractivity contribution < 1.29 is 18.0 Å². The van der Waals surface area contributed by atoms with Crippen molar-refractivity contribution in [3.8, 4) is 11.1 Å². The number of hydrogen-bond acceptors (Lipinski definition) is 1. The summed E-state index contributed by atoms with van der Waals surface area (Å²) in [5.74, 6) is -0.799. The van der Waals surface area contributed by atoms with Crippen molar-refractivity contribution in [2.75, 3.05) is 0 Å². The molecule has 0 atom stereocenters. The summed E-state index contributed by atoms with van der Waals surface area (Å²) >= 11 is 6.49. The maximum atomic E-state index is 12.5. The van der Waals surface area contributed by atoms with Gasteiger partial charge in [0.15, 0.2) is 0 Å². The first-order valence-corrected chi connectivity index (χ1v) is 10.0. The molecule has 2 rings (SSSR count). The van der Waals surface area contributed by atoms with E-state index in [-0.39, 0.29) is 11.8 Å². The molecule has 0 radical (unpaired) electrons. The summed E-state index contributed by atoms with van der Waals surface area (Å²) in [7, 11) is 0. The first kappa shape index (κ1) is 23.5. The van der Waals surface area contributed by atoms with E-state index in [1.165, 1.54) is 5.56 Å². The molecule has 0 N–H and O–H groups in total. The number of carbonyl (C=O) groups excluding carboxylic acids is 1. The third-order valence-electron chi connectivity index (χ3n) is 4.79. The Bertz CT molecular complexity index is 859. The zero-order chi connectivity index (χ0) is 22.0. The SMILES string of the molecule is CC(C)(C)Cc1ccc(-c2ccc(CC(C)(C)C(=O)CC(F)(F)F)cc2)c(Cl)c1. The molecule has 0 aliphatic carbocycles. The highest BCUT2D eigenvalue weighted by molar-refractivity contribution is 6.33. The van der Waals surface area contributed by atoms with Crippen LogP contribution in [0, 0.1) is 10.8 Å². The van der Waals surface area contributed by atoms with Crippen LogP contribution in [0.3, 0.4) is 0 Å². The lowest BCUT2D eigenvalue weighted by atomic mass is 9.80. The van der Waals surface area contributed by atoms with Crippen LogP contribution in [0.1, 0.15) is 52.2 Å². The van der Waals surface area contributed by atoms with E-state index in [1.807, 2.05) is 36.4 Å². The summed E-state index contributed by atoms with van der Waals surface area (Å²) < 4.78 is 37.6. The summed E-state index contributed by atoms with van der Waals surface area (Å²) in [6, 6.07) is 13.5. The van der Waals surface area contributed by atoms with Gasteiger partial charge in [0, 0.05) is 16.0 Å². The van der Waals surface area contributed by atoms with Gasteiger partial charge in [-0.1, -0.05) is 82.6 Å². The lowest BCUT2D eigenvalue weighted by Crippen LogP contribution is -2.31. The minimum absolute atomic E-state index is 0.169. The second-order valence-corrected chi connectivity index (χ2v) is 9.93. The van der Waals surface area contributed by atoms with Crippen molar-refractivity contribution in [1.82, 2.24) is 0 Å². The maximum Gasteiger partial charge on any atom is 0.395 e. The van der Waals surface area contributed by atoms with Gasteiger partial charge in [0.2, 0.25) is 0 Å². The molecule has 0 aliphatic rings. The summed E-state index contributed by atoms with van der Waals surface area (Å²) in [5.41, 5.74) is 2.91. The fourth-order valence-corrected chi connectivity index (χ4v) is 3.66. The molecule has 0 amide bonds. The molecule has 0 fully saturated rings. The van der Waals surface area contributed by atoms with Crippen LogP contribution in [0.2, 0.25) is 5.02 Å². The lowest BCUT2D eigenvalue weighted by Gasteiger charge is -2.24. The van der Waals surface area contributed by atoms with Gasteiger partial charge in [-0.3, -0.25) is 4.79 Å². The highest BCUT2D eigenvalue weighted by Crippen LogP contribution is 2.33. The number of rotatable bonds is 6. The maximum absolute atomic E-state index is 12.5. The lowest BCUT2D eigenvalue weighted by molar-refractivity contribution is -0.158. The molecule has 2 aromatic rings. The molecule has 0 aliphatic heterocycles. The van der Waals surface area contributed by atoms with Crippen molar-refractivity contribution in [3.63, 3.8) is 0 Å². The van der Waals surface area contributed by atoms with Crippen molar-refractivity contribution in [2.24, 2.45) is 10.8 Å². The molecule has 1 nitrogen and oxygen atoms in total. The Morgan fingerprint density at radius 1 is 0.862 bits per heavy atom. The molecule has 0 saturated carbocycles.